The van der Waals surface area contributed by atoms with Crippen LogP contribution in [0.15, 0.2) is 6.07 Å². The molecular weight excluding hydrogens is 244 g/mol. The normalized spacial score (nSPS) is 11.4. The first-order valence-corrected chi connectivity index (χ1v) is 7.10. The average Bonchev–Trinajstić information content (AvgIpc) is 2.69. The molecule has 2 rings (SSSR count). The molecule has 4 nitrogen and oxygen atoms in total. The van der Waals surface area contributed by atoms with Gasteiger partial charge in [-0.15, -0.1) is 11.3 Å². The molecule has 18 heavy (non-hydrogen) atoms. The quantitative estimate of drug-likeness (QED) is 0.922. The van der Waals surface area contributed by atoms with Crippen LogP contribution in [0.1, 0.15) is 25.6 Å². The van der Waals surface area contributed by atoms with Crippen molar-refractivity contribution in [1.29, 1.82) is 0 Å². The van der Waals surface area contributed by atoms with E-state index < -0.39 is 0 Å². The van der Waals surface area contributed by atoms with Crippen molar-refractivity contribution in [3.63, 3.8) is 0 Å². The van der Waals surface area contributed by atoms with Crippen LogP contribution in [-0.2, 0) is 6.42 Å². The van der Waals surface area contributed by atoms with Crippen LogP contribution in [0.25, 0.3) is 10.2 Å². The number of hydrogen-bond donors (Lipinski definition) is 1. The van der Waals surface area contributed by atoms with Crippen molar-refractivity contribution in [3.05, 3.63) is 10.9 Å². The summed E-state index contributed by atoms with van der Waals surface area (Å²) >= 11 is 1.70. The number of hydrogen-bond acceptors (Lipinski definition) is 5. The summed E-state index contributed by atoms with van der Waals surface area (Å²) in [4.78, 5) is 13.2. The number of anilines is 2. The topological polar surface area (TPSA) is 55.0 Å². The summed E-state index contributed by atoms with van der Waals surface area (Å²) in [6, 6.07) is 2.19. The fourth-order valence-electron chi connectivity index (χ4n) is 2.07. The van der Waals surface area contributed by atoms with Crippen LogP contribution in [0.3, 0.4) is 0 Å². The number of fused-ring (bicyclic) bond motifs is 1. The van der Waals surface area contributed by atoms with Crippen LogP contribution in [-0.4, -0.2) is 23.6 Å². The number of nitrogens with two attached hydrogens (primary N) is 1. The number of nitrogen functional groups attached to an aromatic ring is 1. The Morgan fingerprint density at radius 1 is 1.39 bits per heavy atom. The third kappa shape index (κ3) is 2.56. The van der Waals surface area contributed by atoms with E-state index in [9.17, 15) is 0 Å². The summed E-state index contributed by atoms with van der Waals surface area (Å²) in [7, 11) is 2.06. The summed E-state index contributed by atoms with van der Waals surface area (Å²) in [5, 5.41) is 1.12. The van der Waals surface area contributed by atoms with Crippen LogP contribution >= 0.6 is 11.3 Å². The molecular formula is C13H20N4S. The molecule has 0 saturated heterocycles. The van der Waals surface area contributed by atoms with Crippen molar-refractivity contribution in [2.75, 3.05) is 24.2 Å². The maximum atomic E-state index is 5.80. The molecule has 0 radical (unpaired) electrons. The molecule has 0 atom stereocenters. The largest absolute Gasteiger partial charge is 0.368 e. The van der Waals surface area contributed by atoms with Crippen molar-refractivity contribution in [2.45, 2.75) is 27.2 Å². The van der Waals surface area contributed by atoms with E-state index in [1.807, 2.05) is 0 Å². The lowest BCUT2D eigenvalue weighted by Crippen LogP contribution is -2.24. The first kappa shape index (κ1) is 13.1. The molecule has 98 valence electrons. The summed E-state index contributed by atoms with van der Waals surface area (Å²) in [6.07, 6.45) is 1.02. The highest BCUT2D eigenvalue weighted by Crippen LogP contribution is 2.31. The third-order valence-electron chi connectivity index (χ3n) is 2.79. The maximum Gasteiger partial charge on any atom is 0.223 e. The van der Waals surface area contributed by atoms with E-state index in [1.54, 1.807) is 11.3 Å². The van der Waals surface area contributed by atoms with Crippen molar-refractivity contribution in [2.24, 2.45) is 5.92 Å². The predicted molar refractivity (Wildman–Crippen MR) is 79.3 cm³/mol. The maximum absolute atomic E-state index is 5.80. The zero-order valence-corrected chi connectivity index (χ0v) is 12.2. The summed E-state index contributed by atoms with van der Waals surface area (Å²) in [6.45, 7) is 7.51. The SMILES string of the molecule is CCc1cc2c(N(C)CC(C)C)nc(N)nc2s1. The molecule has 2 aromatic heterocycles. The molecule has 0 bridgehead atoms. The van der Waals surface area contributed by atoms with Crippen molar-refractivity contribution in [1.82, 2.24) is 9.97 Å². The lowest BCUT2D eigenvalue weighted by Gasteiger charge is -2.21. The minimum absolute atomic E-state index is 0.359. The molecule has 0 aliphatic carbocycles. The molecule has 0 aliphatic heterocycles. The van der Waals surface area contributed by atoms with E-state index in [4.69, 9.17) is 5.73 Å². The number of thiophene rings is 1. The van der Waals surface area contributed by atoms with Gasteiger partial charge in [0.05, 0.1) is 5.39 Å². The molecule has 2 heterocycles. The van der Waals surface area contributed by atoms with E-state index >= 15 is 0 Å². The van der Waals surface area contributed by atoms with Gasteiger partial charge in [0, 0.05) is 18.5 Å². The van der Waals surface area contributed by atoms with E-state index in [2.05, 4.69) is 48.8 Å². The fourth-order valence-corrected chi connectivity index (χ4v) is 3.04. The Kier molecular flexibility index (Phi) is 3.71. The minimum Gasteiger partial charge on any atom is -0.368 e. The second-order valence-corrected chi connectivity index (χ2v) is 6.08. The molecule has 0 saturated carbocycles. The van der Waals surface area contributed by atoms with Gasteiger partial charge in [-0.05, 0) is 18.4 Å². The number of aryl methyl sites for hydroxylation is 1. The van der Waals surface area contributed by atoms with Gasteiger partial charge in [0.1, 0.15) is 10.6 Å². The van der Waals surface area contributed by atoms with Gasteiger partial charge in [-0.3, -0.25) is 0 Å². The van der Waals surface area contributed by atoms with Gasteiger partial charge in [-0.2, -0.15) is 4.98 Å². The summed E-state index contributed by atoms with van der Waals surface area (Å²) in [5.41, 5.74) is 5.80. The second-order valence-electron chi connectivity index (χ2n) is 4.96. The van der Waals surface area contributed by atoms with Crippen molar-refractivity contribution in [3.8, 4) is 0 Å². The van der Waals surface area contributed by atoms with Gasteiger partial charge in [-0.1, -0.05) is 20.8 Å². The molecule has 0 unspecified atom stereocenters. The summed E-state index contributed by atoms with van der Waals surface area (Å²) in [5.74, 6) is 1.89. The Balaban J connectivity index is 2.50. The Labute approximate surface area is 112 Å². The van der Waals surface area contributed by atoms with Gasteiger partial charge in [0.15, 0.2) is 0 Å². The Bertz CT molecular complexity index is 547. The summed E-state index contributed by atoms with van der Waals surface area (Å²) < 4.78 is 0. The first-order valence-electron chi connectivity index (χ1n) is 6.28. The van der Waals surface area contributed by atoms with Gasteiger partial charge in [-0.25, -0.2) is 4.98 Å². The van der Waals surface area contributed by atoms with E-state index in [1.165, 1.54) is 4.88 Å². The Morgan fingerprint density at radius 3 is 2.72 bits per heavy atom. The van der Waals surface area contributed by atoms with E-state index in [0.29, 0.717) is 11.9 Å². The fraction of sp³-hybridized carbons (Fsp3) is 0.538. The molecule has 0 amide bonds. The number of rotatable bonds is 4. The third-order valence-corrected chi connectivity index (χ3v) is 3.96. The van der Waals surface area contributed by atoms with Crippen LogP contribution < -0.4 is 10.6 Å². The van der Waals surface area contributed by atoms with Gasteiger partial charge >= 0.3 is 0 Å². The molecule has 5 heteroatoms. The minimum atomic E-state index is 0.359. The smallest absolute Gasteiger partial charge is 0.223 e. The number of aromatic nitrogens is 2. The van der Waals surface area contributed by atoms with Crippen LogP contribution in [0.5, 0.6) is 0 Å². The molecule has 0 aromatic carbocycles. The zero-order valence-electron chi connectivity index (χ0n) is 11.4. The molecule has 0 fully saturated rings. The van der Waals surface area contributed by atoms with Gasteiger partial charge in [0.25, 0.3) is 0 Å². The Hall–Kier alpha value is -1.36. The van der Waals surface area contributed by atoms with E-state index in [0.717, 1.165) is 29.0 Å². The van der Waals surface area contributed by atoms with Crippen LogP contribution in [0.4, 0.5) is 11.8 Å². The highest BCUT2D eigenvalue weighted by atomic mass is 32.1. The lowest BCUT2D eigenvalue weighted by atomic mass is 10.2. The first-order chi connectivity index (χ1) is 8.51. The van der Waals surface area contributed by atoms with Crippen LogP contribution in [0.2, 0.25) is 0 Å². The van der Waals surface area contributed by atoms with Gasteiger partial charge in [0.2, 0.25) is 5.95 Å². The van der Waals surface area contributed by atoms with Crippen molar-refractivity contribution >= 4 is 33.3 Å². The highest BCUT2D eigenvalue weighted by molar-refractivity contribution is 7.18. The molecule has 0 aliphatic rings. The Morgan fingerprint density at radius 2 is 2.11 bits per heavy atom. The lowest BCUT2D eigenvalue weighted by molar-refractivity contribution is 0.636. The van der Waals surface area contributed by atoms with Gasteiger partial charge < -0.3 is 10.6 Å². The average molecular weight is 264 g/mol. The van der Waals surface area contributed by atoms with E-state index in [-0.39, 0.29) is 0 Å². The molecule has 0 spiro atoms. The zero-order chi connectivity index (χ0) is 13.3. The monoisotopic (exact) mass is 264 g/mol. The number of nitrogens with zero attached hydrogens (tertiary/aromatic N) is 3. The molecule has 2 N–H and O–H groups in total. The predicted octanol–water partition coefficient (Wildman–Crippen LogP) is 2.93. The second kappa shape index (κ2) is 5.10. The van der Waals surface area contributed by atoms with Crippen molar-refractivity contribution < 1.29 is 0 Å². The highest BCUT2D eigenvalue weighted by Gasteiger charge is 2.14. The molecule has 2 aromatic rings. The standard InChI is InChI=1S/C13H20N4S/c1-5-9-6-10-11(17(4)7-8(2)3)15-13(14)16-12(10)18-9/h6,8H,5,7H2,1-4H3,(H2,14,15,16). The van der Waals surface area contributed by atoms with Crippen LogP contribution in [0, 0.1) is 5.92 Å².